The van der Waals surface area contributed by atoms with E-state index in [4.69, 9.17) is 4.74 Å². The lowest BCUT2D eigenvalue weighted by molar-refractivity contribution is 0.0518. The number of hydrogen-bond acceptors (Lipinski definition) is 3. The molecule has 0 saturated heterocycles. The van der Waals surface area contributed by atoms with E-state index in [0.717, 1.165) is 12.5 Å². The van der Waals surface area contributed by atoms with Crippen LogP contribution in [0.25, 0.3) is 0 Å². The quantitative estimate of drug-likeness (QED) is 0.682. The molecule has 0 unspecified atom stereocenters. The number of esters is 1. The van der Waals surface area contributed by atoms with Crippen molar-refractivity contribution in [2.75, 3.05) is 6.61 Å². The van der Waals surface area contributed by atoms with Crippen molar-refractivity contribution in [1.29, 1.82) is 0 Å². The van der Waals surface area contributed by atoms with Crippen LogP contribution in [0, 0.1) is 5.92 Å². The SMILES string of the molecule is CCOC(=O)c1ccn(CC2CC2)n1. The van der Waals surface area contributed by atoms with E-state index < -0.39 is 0 Å². The van der Waals surface area contributed by atoms with Crippen LogP contribution in [-0.2, 0) is 11.3 Å². The van der Waals surface area contributed by atoms with Gasteiger partial charge in [-0.15, -0.1) is 0 Å². The summed E-state index contributed by atoms with van der Waals surface area (Å²) in [5, 5.41) is 4.15. The Morgan fingerprint density at radius 1 is 1.71 bits per heavy atom. The largest absolute Gasteiger partial charge is 0.461 e. The molecule has 0 atom stereocenters. The van der Waals surface area contributed by atoms with Gasteiger partial charge in [0.15, 0.2) is 5.69 Å². The lowest BCUT2D eigenvalue weighted by Crippen LogP contribution is -2.07. The lowest BCUT2D eigenvalue weighted by atomic mass is 10.4. The highest BCUT2D eigenvalue weighted by Gasteiger charge is 2.22. The molecule has 76 valence electrons. The summed E-state index contributed by atoms with van der Waals surface area (Å²) in [5.74, 6) is 0.437. The minimum atomic E-state index is -0.331. The van der Waals surface area contributed by atoms with Gasteiger partial charge in [0.05, 0.1) is 6.61 Å². The van der Waals surface area contributed by atoms with Gasteiger partial charge in [0, 0.05) is 12.7 Å². The Balaban J connectivity index is 1.97. The Morgan fingerprint density at radius 2 is 2.50 bits per heavy atom. The van der Waals surface area contributed by atoms with Crippen LogP contribution >= 0.6 is 0 Å². The molecule has 0 N–H and O–H groups in total. The van der Waals surface area contributed by atoms with Gasteiger partial charge < -0.3 is 4.74 Å². The fourth-order valence-electron chi connectivity index (χ4n) is 1.34. The van der Waals surface area contributed by atoms with E-state index in [9.17, 15) is 4.79 Å². The van der Waals surface area contributed by atoms with Crippen LogP contribution in [0.2, 0.25) is 0 Å². The topological polar surface area (TPSA) is 44.1 Å². The molecule has 14 heavy (non-hydrogen) atoms. The number of carbonyl (C=O) groups is 1. The summed E-state index contributed by atoms with van der Waals surface area (Å²) in [6.45, 7) is 3.12. The smallest absolute Gasteiger partial charge is 0.358 e. The number of nitrogens with zero attached hydrogens (tertiary/aromatic N) is 2. The summed E-state index contributed by atoms with van der Waals surface area (Å²) in [6.07, 6.45) is 4.41. The first kappa shape index (κ1) is 9.24. The van der Waals surface area contributed by atoms with Gasteiger partial charge in [-0.1, -0.05) is 0 Å². The van der Waals surface area contributed by atoms with Gasteiger partial charge in [-0.25, -0.2) is 4.79 Å². The second kappa shape index (κ2) is 3.82. The molecule has 0 aliphatic heterocycles. The van der Waals surface area contributed by atoms with E-state index in [1.807, 2.05) is 10.9 Å². The average Bonchev–Trinajstić information content (AvgIpc) is 2.82. The zero-order chi connectivity index (χ0) is 9.97. The summed E-state index contributed by atoms with van der Waals surface area (Å²) in [6, 6.07) is 1.71. The Labute approximate surface area is 82.9 Å². The summed E-state index contributed by atoms with van der Waals surface area (Å²) < 4.78 is 6.67. The highest BCUT2D eigenvalue weighted by molar-refractivity contribution is 5.86. The van der Waals surface area contributed by atoms with E-state index >= 15 is 0 Å². The third-order valence-electron chi connectivity index (χ3n) is 2.27. The van der Waals surface area contributed by atoms with Crippen molar-refractivity contribution < 1.29 is 9.53 Å². The van der Waals surface area contributed by atoms with Crippen LogP contribution in [0.15, 0.2) is 12.3 Å². The Bertz CT molecular complexity index is 329. The second-order valence-electron chi connectivity index (χ2n) is 3.59. The van der Waals surface area contributed by atoms with E-state index in [0.29, 0.717) is 12.3 Å². The predicted molar refractivity (Wildman–Crippen MR) is 50.9 cm³/mol. The predicted octanol–water partition coefficient (Wildman–Crippen LogP) is 1.47. The number of aromatic nitrogens is 2. The van der Waals surface area contributed by atoms with Crippen LogP contribution in [0.4, 0.5) is 0 Å². The maximum Gasteiger partial charge on any atom is 0.358 e. The van der Waals surface area contributed by atoms with Crippen molar-refractivity contribution in [3.05, 3.63) is 18.0 Å². The summed E-state index contributed by atoms with van der Waals surface area (Å²) in [4.78, 5) is 11.3. The first-order valence-corrected chi connectivity index (χ1v) is 5.00. The molecular formula is C10H14N2O2. The summed E-state index contributed by atoms with van der Waals surface area (Å²) >= 11 is 0. The van der Waals surface area contributed by atoms with Gasteiger partial charge >= 0.3 is 5.97 Å². The molecule has 0 spiro atoms. The minimum Gasteiger partial charge on any atom is -0.461 e. The zero-order valence-corrected chi connectivity index (χ0v) is 8.27. The third kappa shape index (κ3) is 2.13. The van der Waals surface area contributed by atoms with Gasteiger partial charge in [-0.3, -0.25) is 4.68 Å². The minimum absolute atomic E-state index is 0.331. The van der Waals surface area contributed by atoms with E-state index in [1.165, 1.54) is 12.8 Å². The van der Waals surface area contributed by atoms with Crippen molar-refractivity contribution >= 4 is 5.97 Å². The van der Waals surface area contributed by atoms with Gasteiger partial charge in [0.1, 0.15) is 0 Å². The lowest BCUT2D eigenvalue weighted by Gasteiger charge is -1.98. The molecule has 4 heteroatoms. The second-order valence-corrected chi connectivity index (χ2v) is 3.59. The molecule has 0 bridgehead atoms. The highest BCUT2D eigenvalue weighted by atomic mass is 16.5. The molecular weight excluding hydrogens is 180 g/mol. The first-order valence-electron chi connectivity index (χ1n) is 5.00. The molecule has 0 amide bonds. The number of ether oxygens (including phenoxy) is 1. The fourth-order valence-corrected chi connectivity index (χ4v) is 1.34. The van der Waals surface area contributed by atoms with Crippen LogP contribution < -0.4 is 0 Å². The maximum absolute atomic E-state index is 11.3. The van der Waals surface area contributed by atoms with E-state index in [2.05, 4.69) is 5.10 Å². The van der Waals surface area contributed by atoms with Crippen molar-refractivity contribution in [2.24, 2.45) is 5.92 Å². The van der Waals surface area contributed by atoms with Gasteiger partial charge in [-0.05, 0) is 31.7 Å². The first-order chi connectivity index (χ1) is 6.79. The molecule has 1 aliphatic carbocycles. The molecule has 1 heterocycles. The highest BCUT2D eigenvalue weighted by Crippen LogP contribution is 2.30. The van der Waals surface area contributed by atoms with E-state index in [-0.39, 0.29) is 5.97 Å². The molecule has 1 saturated carbocycles. The van der Waals surface area contributed by atoms with Crippen LogP contribution in [0.1, 0.15) is 30.3 Å². The molecule has 1 aromatic heterocycles. The standard InChI is InChI=1S/C10H14N2O2/c1-2-14-10(13)9-5-6-12(11-9)7-8-3-4-8/h5-6,8H,2-4,7H2,1H3. The zero-order valence-electron chi connectivity index (χ0n) is 8.27. The average molecular weight is 194 g/mol. The molecule has 1 fully saturated rings. The number of carbonyl (C=O) groups excluding carboxylic acids is 1. The number of hydrogen-bond donors (Lipinski definition) is 0. The van der Waals surface area contributed by atoms with Gasteiger partial charge in [0.25, 0.3) is 0 Å². The van der Waals surface area contributed by atoms with E-state index in [1.54, 1.807) is 13.0 Å². The molecule has 1 aliphatic rings. The molecule has 0 aromatic carbocycles. The summed E-state index contributed by atoms with van der Waals surface area (Å²) in [5.41, 5.74) is 0.410. The van der Waals surface area contributed by atoms with Crippen molar-refractivity contribution in [1.82, 2.24) is 9.78 Å². The van der Waals surface area contributed by atoms with Crippen molar-refractivity contribution in [3.63, 3.8) is 0 Å². The number of rotatable bonds is 4. The van der Waals surface area contributed by atoms with Crippen LogP contribution in [0.3, 0.4) is 0 Å². The third-order valence-corrected chi connectivity index (χ3v) is 2.27. The van der Waals surface area contributed by atoms with Gasteiger partial charge in [0.2, 0.25) is 0 Å². The van der Waals surface area contributed by atoms with Gasteiger partial charge in [-0.2, -0.15) is 5.10 Å². The molecule has 0 radical (unpaired) electrons. The molecule has 4 nitrogen and oxygen atoms in total. The van der Waals surface area contributed by atoms with Crippen molar-refractivity contribution in [3.8, 4) is 0 Å². The Morgan fingerprint density at radius 3 is 3.14 bits per heavy atom. The van der Waals surface area contributed by atoms with Crippen LogP contribution in [-0.4, -0.2) is 22.4 Å². The molecule has 2 rings (SSSR count). The summed E-state index contributed by atoms with van der Waals surface area (Å²) in [7, 11) is 0. The fraction of sp³-hybridized carbons (Fsp3) is 0.600. The maximum atomic E-state index is 11.3. The van der Waals surface area contributed by atoms with Crippen LogP contribution in [0.5, 0.6) is 0 Å². The Hall–Kier alpha value is -1.32. The Kier molecular flexibility index (Phi) is 2.52. The van der Waals surface area contributed by atoms with Crippen molar-refractivity contribution in [2.45, 2.75) is 26.3 Å². The normalized spacial score (nSPS) is 15.5. The monoisotopic (exact) mass is 194 g/mol. The molecule has 1 aromatic rings.